The smallest absolute Gasteiger partial charge is 0.390 e. The third-order valence-corrected chi connectivity index (χ3v) is 9.73. The number of fused-ring (bicyclic) bond motifs is 1. The molecule has 3 aromatic rings. The number of aromatic nitrogens is 6. The zero-order valence-electron chi connectivity index (χ0n) is 24.3. The summed E-state index contributed by atoms with van der Waals surface area (Å²) in [6, 6.07) is 0. The maximum absolute atomic E-state index is 12.5. The molecule has 7 N–H and O–H groups in total. The largest absolute Gasteiger partial charge is 0.481 e. The monoisotopic (exact) mass is 695 g/mol. The van der Waals surface area contributed by atoms with Crippen molar-refractivity contribution in [1.82, 2.24) is 29.1 Å². The minimum absolute atomic E-state index is 0.00311. The molecule has 2 aliphatic rings. The van der Waals surface area contributed by atoms with E-state index in [1.54, 1.807) is 14.1 Å². The van der Waals surface area contributed by atoms with Crippen LogP contribution in [-0.2, 0) is 32.0 Å². The fourth-order valence-electron chi connectivity index (χ4n) is 4.76. The van der Waals surface area contributed by atoms with Gasteiger partial charge in [-0.25, -0.2) is 18.9 Å². The van der Waals surface area contributed by atoms with Gasteiger partial charge in [0.25, 0.3) is 11.1 Å². The van der Waals surface area contributed by atoms with Gasteiger partial charge in [-0.1, -0.05) is 0 Å². The number of ether oxygens (including phenoxy) is 2. The third kappa shape index (κ3) is 7.08. The molecular weight excluding hydrogens is 664 g/mol. The summed E-state index contributed by atoms with van der Waals surface area (Å²) in [7, 11) is -7.49. The van der Waals surface area contributed by atoms with Crippen LogP contribution >= 0.6 is 15.6 Å². The summed E-state index contributed by atoms with van der Waals surface area (Å²) in [5, 5.41) is 31.4. The van der Waals surface area contributed by atoms with E-state index in [9.17, 15) is 48.6 Å². The van der Waals surface area contributed by atoms with Crippen molar-refractivity contribution < 1.29 is 57.1 Å². The molecule has 2 unspecified atom stereocenters. The second kappa shape index (κ2) is 12.8. The van der Waals surface area contributed by atoms with Gasteiger partial charge in [-0.2, -0.15) is 9.29 Å². The van der Waals surface area contributed by atoms with E-state index in [1.807, 2.05) is 0 Å². The average molecular weight is 695 g/mol. The zero-order valence-corrected chi connectivity index (χ0v) is 26.1. The number of aryl methyl sites for hydroxylation is 1. The van der Waals surface area contributed by atoms with Crippen LogP contribution in [0.15, 0.2) is 26.9 Å². The third-order valence-electron chi connectivity index (χ3n) is 7.13. The predicted octanol–water partition coefficient (Wildman–Crippen LogP) is -2.44. The van der Waals surface area contributed by atoms with Crippen LogP contribution in [-0.4, -0.2) is 112 Å². The van der Waals surface area contributed by atoms with Crippen LogP contribution in [0.2, 0.25) is 0 Å². The van der Waals surface area contributed by atoms with Crippen LogP contribution in [0.3, 0.4) is 0 Å². The molecule has 0 saturated carbocycles. The molecule has 0 spiro atoms. The molecule has 9 atom stereocenters. The van der Waals surface area contributed by atoms with Gasteiger partial charge in [0.05, 0.1) is 25.6 Å². The van der Waals surface area contributed by atoms with Crippen LogP contribution in [0.25, 0.3) is 11.2 Å². The fourth-order valence-corrected chi connectivity index (χ4v) is 6.85. The van der Waals surface area contributed by atoms with Crippen molar-refractivity contribution in [2.24, 2.45) is 0 Å². The summed E-state index contributed by atoms with van der Waals surface area (Å²) in [5.41, 5.74) is -1.91. The Morgan fingerprint density at radius 1 is 0.978 bits per heavy atom. The molecule has 24 heteroatoms. The number of aliphatic hydroxyl groups is 3. The lowest BCUT2D eigenvalue weighted by Crippen LogP contribution is -2.33. The Hall–Kier alpha value is -3.11. The van der Waals surface area contributed by atoms with Gasteiger partial charge < -0.3 is 39.5 Å². The molecule has 0 amide bonds. The SMILES string of the molecule is Cc1cn([C@H]2C[C@H](O)[C@@H](COP(=O)(O)OP(=O)(O)OC[C@H]3O[C@@H](n4cnc5c(=O)[nH]c(N(C)C)nc54)[C@H](O)[C@@H]3O)O2)c(=O)[nH]c1=O. The molecule has 5 heterocycles. The lowest BCUT2D eigenvalue weighted by atomic mass is 10.1. The van der Waals surface area contributed by atoms with Crippen molar-refractivity contribution in [3.63, 3.8) is 0 Å². The summed E-state index contributed by atoms with van der Waals surface area (Å²) in [6.45, 7) is -0.309. The maximum atomic E-state index is 12.5. The molecule has 0 aromatic carbocycles. The van der Waals surface area contributed by atoms with Crippen LogP contribution in [0.1, 0.15) is 24.4 Å². The minimum Gasteiger partial charge on any atom is -0.390 e. The number of hydrogen-bond donors (Lipinski definition) is 7. The molecule has 2 saturated heterocycles. The first kappa shape index (κ1) is 34.2. The number of imidazole rings is 1. The molecule has 22 nitrogen and oxygen atoms in total. The van der Waals surface area contributed by atoms with Crippen molar-refractivity contribution >= 4 is 32.8 Å². The van der Waals surface area contributed by atoms with E-state index in [0.29, 0.717) is 0 Å². The Bertz CT molecular complexity index is 1870. The van der Waals surface area contributed by atoms with E-state index in [-0.39, 0.29) is 29.1 Å². The normalized spacial score (nSPS) is 29.2. The van der Waals surface area contributed by atoms with E-state index in [4.69, 9.17) is 18.5 Å². The Balaban J connectivity index is 1.18. The zero-order chi connectivity index (χ0) is 33.7. The van der Waals surface area contributed by atoms with Crippen LogP contribution < -0.4 is 21.7 Å². The molecule has 0 bridgehead atoms. The van der Waals surface area contributed by atoms with E-state index in [1.165, 1.54) is 22.6 Å². The highest BCUT2D eigenvalue weighted by Gasteiger charge is 2.47. The second-order valence-corrected chi connectivity index (χ2v) is 13.7. The molecular formula is C22H31N7O15P2. The quantitative estimate of drug-likeness (QED) is 0.103. The second-order valence-electron chi connectivity index (χ2n) is 10.7. The first-order valence-corrected chi connectivity index (χ1v) is 16.4. The number of aromatic amines is 2. The van der Waals surface area contributed by atoms with Crippen LogP contribution in [0.4, 0.5) is 5.95 Å². The molecule has 46 heavy (non-hydrogen) atoms. The standard InChI is InChI=1S/C22H31N7O15P2/c1-9-5-28(22(35)26-18(9)33)13-4-10(30)11(42-13)6-40-45(36,37)44-46(38,39)41-7-12-15(31)16(32)20(43-12)29-8-23-14-17(29)24-21(27(2)3)25-19(14)34/h5,8,10-13,15-16,20,30-32H,4,6-7H2,1-3H3,(H,36,37)(H,38,39)(H,24,25,34)(H,26,33,35)/t10-,11+,12+,13+,15+,16+,20+/m0/s1. The summed E-state index contributed by atoms with van der Waals surface area (Å²) in [5.74, 6) is 0.161. The molecule has 3 aromatic heterocycles. The number of rotatable bonds is 11. The summed E-state index contributed by atoms with van der Waals surface area (Å²) in [4.78, 5) is 70.5. The molecule has 0 radical (unpaired) electrons. The van der Waals surface area contributed by atoms with Gasteiger partial charge in [-0.05, 0) is 6.92 Å². The van der Waals surface area contributed by atoms with Crippen molar-refractivity contribution in [3.8, 4) is 0 Å². The summed E-state index contributed by atoms with van der Waals surface area (Å²) < 4.78 is 51.9. The lowest BCUT2D eigenvalue weighted by molar-refractivity contribution is -0.0518. The van der Waals surface area contributed by atoms with Gasteiger partial charge in [-0.15, -0.1) is 0 Å². The first-order chi connectivity index (χ1) is 21.5. The van der Waals surface area contributed by atoms with Crippen LogP contribution in [0.5, 0.6) is 0 Å². The highest BCUT2D eigenvalue weighted by molar-refractivity contribution is 7.61. The van der Waals surface area contributed by atoms with E-state index in [0.717, 1.165) is 10.9 Å². The summed E-state index contributed by atoms with van der Waals surface area (Å²) in [6.07, 6.45) is -7.68. The number of nitrogens with zero attached hydrogens (tertiary/aromatic N) is 5. The van der Waals surface area contributed by atoms with Gasteiger partial charge in [-0.3, -0.25) is 37.7 Å². The van der Waals surface area contributed by atoms with Gasteiger partial charge >= 0.3 is 21.3 Å². The first-order valence-electron chi connectivity index (χ1n) is 13.4. The van der Waals surface area contributed by atoms with Gasteiger partial charge in [0.1, 0.15) is 30.6 Å². The maximum Gasteiger partial charge on any atom is 0.481 e. The van der Waals surface area contributed by atoms with Crippen molar-refractivity contribution in [2.45, 2.75) is 56.3 Å². The van der Waals surface area contributed by atoms with E-state index >= 15 is 0 Å². The number of hydrogen-bond acceptors (Lipinski definition) is 16. The van der Waals surface area contributed by atoms with Crippen molar-refractivity contribution in [1.29, 1.82) is 0 Å². The van der Waals surface area contributed by atoms with E-state index < -0.39 is 88.6 Å². The Kier molecular flexibility index (Phi) is 9.55. The number of phosphoric acid groups is 2. The Morgan fingerprint density at radius 2 is 1.63 bits per heavy atom. The topological polar surface area (TPSA) is 303 Å². The molecule has 5 rings (SSSR count). The Labute approximate surface area is 257 Å². The van der Waals surface area contributed by atoms with Gasteiger partial charge in [0, 0.05) is 32.3 Å². The molecule has 254 valence electrons. The number of aliphatic hydroxyl groups excluding tert-OH is 3. The highest BCUT2D eigenvalue weighted by Crippen LogP contribution is 2.60. The molecule has 2 fully saturated rings. The predicted molar refractivity (Wildman–Crippen MR) is 152 cm³/mol. The van der Waals surface area contributed by atoms with E-state index in [2.05, 4.69) is 24.2 Å². The fraction of sp³-hybridized carbons (Fsp3) is 0.591. The summed E-state index contributed by atoms with van der Waals surface area (Å²) >= 11 is 0. The molecule has 0 aliphatic carbocycles. The lowest BCUT2D eigenvalue weighted by Gasteiger charge is -2.21. The Morgan fingerprint density at radius 3 is 2.28 bits per heavy atom. The number of anilines is 1. The van der Waals surface area contributed by atoms with Crippen molar-refractivity contribution in [2.75, 3.05) is 32.2 Å². The van der Waals surface area contributed by atoms with Gasteiger partial charge in [0.15, 0.2) is 17.4 Å². The van der Waals surface area contributed by atoms with Gasteiger partial charge in [0.2, 0.25) is 5.95 Å². The average Bonchev–Trinajstić information content (AvgIpc) is 3.63. The number of phosphoric ester groups is 2. The van der Waals surface area contributed by atoms with Crippen molar-refractivity contribution in [3.05, 3.63) is 49.3 Å². The number of nitrogens with one attached hydrogen (secondary N) is 2. The molecule has 2 aliphatic heterocycles. The van der Waals surface area contributed by atoms with Crippen LogP contribution in [0, 0.1) is 6.92 Å². The number of H-pyrrole nitrogens is 2. The highest BCUT2D eigenvalue weighted by atomic mass is 31.3. The minimum atomic E-state index is -5.38.